The number of urea groups is 1. The van der Waals surface area contributed by atoms with E-state index in [2.05, 4.69) is 28.8 Å². The van der Waals surface area contributed by atoms with Crippen molar-refractivity contribution >= 4 is 17.4 Å². The Hall–Kier alpha value is -3.28. The Bertz CT molecular complexity index is 1080. The Kier molecular flexibility index (Phi) is 5.48. The van der Waals surface area contributed by atoms with Crippen LogP contribution in [0.4, 0.5) is 29.3 Å². The van der Waals surface area contributed by atoms with Crippen molar-refractivity contribution in [2.45, 2.75) is 31.9 Å². The topological polar surface area (TPSA) is 41.1 Å². The van der Waals surface area contributed by atoms with Crippen molar-refractivity contribution in [3.63, 3.8) is 0 Å². The molecular weight excluding hydrogens is 389 g/mol. The number of carbonyl (C=O) groups is 1. The molecular formula is C24H21F3N2O. The molecule has 2 N–H and O–H groups in total. The third-order valence-electron chi connectivity index (χ3n) is 5.25. The zero-order chi connectivity index (χ0) is 21.1. The van der Waals surface area contributed by atoms with Crippen LogP contribution in [0.5, 0.6) is 0 Å². The average molecular weight is 410 g/mol. The lowest BCUT2D eigenvalue weighted by Gasteiger charge is -2.17. The summed E-state index contributed by atoms with van der Waals surface area (Å²) in [5.74, 6) is 0. The van der Waals surface area contributed by atoms with Gasteiger partial charge >= 0.3 is 12.2 Å². The van der Waals surface area contributed by atoms with E-state index in [1.807, 2.05) is 18.2 Å². The first-order valence-electron chi connectivity index (χ1n) is 9.86. The van der Waals surface area contributed by atoms with E-state index in [4.69, 9.17) is 0 Å². The monoisotopic (exact) mass is 410 g/mol. The fraction of sp³-hybridized carbons (Fsp3) is 0.208. The molecule has 0 heterocycles. The molecule has 0 aromatic heterocycles. The lowest BCUT2D eigenvalue weighted by atomic mass is 9.89. The fourth-order valence-corrected chi connectivity index (χ4v) is 3.76. The first-order valence-corrected chi connectivity index (χ1v) is 9.86. The van der Waals surface area contributed by atoms with Gasteiger partial charge in [-0.1, -0.05) is 36.4 Å². The number of amides is 2. The molecule has 1 aliphatic rings. The molecule has 0 aliphatic heterocycles. The molecule has 0 unspecified atom stereocenters. The number of hydrogen-bond acceptors (Lipinski definition) is 1. The second-order valence-electron chi connectivity index (χ2n) is 7.43. The maximum Gasteiger partial charge on any atom is 0.416 e. The second kappa shape index (κ2) is 8.22. The normalized spacial score (nSPS) is 13.4. The number of anilines is 2. The van der Waals surface area contributed by atoms with Gasteiger partial charge in [0.2, 0.25) is 0 Å². The third kappa shape index (κ3) is 4.64. The van der Waals surface area contributed by atoms with Gasteiger partial charge in [0, 0.05) is 11.4 Å². The second-order valence-corrected chi connectivity index (χ2v) is 7.43. The van der Waals surface area contributed by atoms with Crippen LogP contribution in [-0.2, 0) is 19.0 Å². The summed E-state index contributed by atoms with van der Waals surface area (Å²) >= 11 is 0. The largest absolute Gasteiger partial charge is 0.416 e. The highest BCUT2D eigenvalue weighted by atomic mass is 19.4. The summed E-state index contributed by atoms with van der Waals surface area (Å²) in [5, 5.41) is 5.14. The van der Waals surface area contributed by atoms with E-state index in [1.54, 1.807) is 6.07 Å². The van der Waals surface area contributed by atoms with Crippen molar-refractivity contribution in [2.24, 2.45) is 0 Å². The van der Waals surface area contributed by atoms with Gasteiger partial charge in [0.05, 0.1) is 5.56 Å². The molecule has 0 bridgehead atoms. The smallest absolute Gasteiger partial charge is 0.308 e. The number of rotatable bonds is 3. The van der Waals surface area contributed by atoms with Gasteiger partial charge < -0.3 is 10.6 Å². The molecule has 3 aromatic rings. The molecule has 0 atom stereocenters. The molecule has 0 spiro atoms. The molecule has 0 radical (unpaired) electrons. The molecule has 6 heteroatoms. The standard InChI is InChI=1S/C24H21F3N2O/c25-24(26,27)20-8-4-10-22(15-20)29-23(30)28-21-9-3-7-18(14-21)19-12-11-16-5-1-2-6-17(16)13-19/h3-4,7-15H,1-2,5-6H2,(H2,28,29,30). The van der Waals surface area contributed by atoms with Gasteiger partial charge in [0.25, 0.3) is 0 Å². The predicted octanol–water partition coefficient (Wildman–Crippen LogP) is 6.90. The van der Waals surface area contributed by atoms with Crippen LogP contribution in [0.3, 0.4) is 0 Å². The summed E-state index contributed by atoms with van der Waals surface area (Å²) in [6.07, 6.45) is 0.172. The van der Waals surface area contributed by atoms with Gasteiger partial charge in [-0.25, -0.2) is 4.79 Å². The molecule has 1 aliphatic carbocycles. The minimum Gasteiger partial charge on any atom is -0.308 e. The Morgan fingerprint density at radius 3 is 2.10 bits per heavy atom. The Morgan fingerprint density at radius 2 is 1.37 bits per heavy atom. The van der Waals surface area contributed by atoms with Crippen molar-refractivity contribution in [3.05, 3.63) is 83.4 Å². The zero-order valence-corrected chi connectivity index (χ0v) is 16.2. The first-order chi connectivity index (χ1) is 14.4. The number of alkyl halides is 3. The molecule has 0 fully saturated rings. The van der Waals surface area contributed by atoms with Crippen molar-refractivity contribution in [3.8, 4) is 11.1 Å². The molecule has 2 amide bonds. The van der Waals surface area contributed by atoms with Crippen molar-refractivity contribution in [1.29, 1.82) is 0 Å². The van der Waals surface area contributed by atoms with E-state index >= 15 is 0 Å². The number of carbonyl (C=O) groups excluding carboxylic acids is 1. The molecule has 30 heavy (non-hydrogen) atoms. The lowest BCUT2D eigenvalue weighted by Crippen LogP contribution is -2.19. The highest BCUT2D eigenvalue weighted by Crippen LogP contribution is 2.31. The maximum atomic E-state index is 12.8. The Morgan fingerprint density at radius 1 is 0.733 bits per heavy atom. The van der Waals surface area contributed by atoms with E-state index < -0.39 is 17.8 Å². The minimum atomic E-state index is -4.46. The van der Waals surface area contributed by atoms with E-state index in [-0.39, 0.29) is 5.69 Å². The Balaban J connectivity index is 1.48. The quantitative estimate of drug-likeness (QED) is 0.485. The van der Waals surface area contributed by atoms with Crippen LogP contribution >= 0.6 is 0 Å². The highest BCUT2D eigenvalue weighted by molar-refractivity contribution is 6.00. The highest BCUT2D eigenvalue weighted by Gasteiger charge is 2.30. The summed E-state index contributed by atoms with van der Waals surface area (Å²) < 4.78 is 38.5. The van der Waals surface area contributed by atoms with Gasteiger partial charge in [-0.2, -0.15) is 13.2 Å². The predicted molar refractivity (Wildman–Crippen MR) is 113 cm³/mol. The van der Waals surface area contributed by atoms with Crippen LogP contribution in [0, 0.1) is 0 Å². The minimum absolute atomic E-state index is 0.0770. The van der Waals surface area contributed by atoms with Gasteiger partial charge in [0.15, 0.2) is 0 Å². The van der Waals surface area contributed by atoms with Gasteiger partial charge in [-0.15, -0.1) is 0 Å². The number of halogens is 3. The number of hydrogen-bond donors (Lipinski definition) is 2. The lowest BCUT2D eigenvalue weighted by molar-refractivity contribution is -0.137. The Labute approximate surface area is 172 Å². The van der Waals surface area contributed by atoms with E-state index in [0.717, 1.165) is 36.1 Å². The van der Waals surface area contributed by atoms with Crippen LogP contribution in [0.1, 0.15) is 29.5 Å². The van der Waals surface area contributed by atoms with Gasteiger partial charge in [-0.3, -0.25) is 0 Å². The molecule has 0 saturated heterocycles. The van der Waals surface area contributed by atoms with Crippen LogP contribution in [0.2, 0.25) is 0 Å². The van der Waals surface area contributed by atoms with Crippen molar-refractivity contribution in [1.82, 2.24) is 0 Å². The third-order valence-corrected chi connectivity index (χ3v) is 5.25. The zero-order valence-electron chi connectivity index (χ0n) is 16.2. The van der Waals surface area contributed by atoms with Crippen LogP contribution in [-0.4, -0.2) is 6.03 Å². The SMILES string of the molecule is O=C(Nc1cccc(-c2ccc3c(c2)CCCC3)c1)Nc1cccc(C(F)(F)F)c1. The molecule has 154 valence electrons. The summed E-state index contributed by atoms with van der Waals surface area (Å²) in [7, 11) is 0. The van der Waals surface area contributed by atoms with E-state index in [1.165, 1.54) is 36.1 Å². The summed E-state index contributed by atoms with van der Waals surface area (Å²) in [5.41, 5.74) is 4.66. The molecule has 3 aromatic carbocycles. The van der Waals surface area contributed by atoms with Crippen molar-refractivity contribution in [2.75, 3.05) is 10.6 Å². The summed E-state index contributed by atoms with van der Waals surface area (Å²) in [4.78, 5) is 12.3. The van der Waals surface area contributed by atoms with Crippen LogP contribution in [0.15, 0.2) is 66.7 Å². The van der Waals surface area contributed by atoms with Crippen LogP contribution < -0.4 is 10.6 Å². The van der Waals surface area contributed by atoms with Crippen LogP contribution in [0.25, 0.3) is 11.1 Å². The van der Waals surface area contributed by atoms with Crippen molar-refractivity contribution < 1.29 is 18.0 Å². The number of aryl methyl sites for hydroxylation is 2. The van der Waals surface area contributed by atoms with E-state index in [9.17, 15) is 18.0 Å². The summed E-state index contributed by atoms with van der Waals surface area (Å²) in [6.45, 7) is 0. The number of fused-ring (bicyclic) bond motifs is 1. The van der Waals surface area contributed by atoms with E-state index in [0.29, 0.717) is 5.69 Å². The maximum absolute atomic E-state index is 12.8. The molecule has 0 saturated carbocycles. The van der Waals surface area contributed by atoms with Gasteiger partial charge in [0.1, 0.15) is 0 Å². The number of benzene rings is 3. The first kappa shape index (κ1) is 20.0. The fourth-order valence-electron chi connectivity index (χ4n) is 3.76. The average Bonchev–Trinajstić information content (AvgIpc) is 2.73. The van der Waals surface area contributed by atoms with Gasteiger partial charge in [-0.05, 0) is 78.3 Å². The number of nitrogens with one attached hydrogen (secondary N) is 2. The summed E-state index contributed by atoms with van der Waals surface area (Å²) in [6, 6.07) is 17.8. The molecule has 3 nitrogen and oxygen atoms in total. The molecule has 4 rings (SSSR count).